The lowest BCUT2D eigenvalue weighted by atomic mass is 9.66. The number of rotatable bonds is 4. The molecule has 1 atom stereocenters. The molecule has 0 N–H and O–H groups in total. The molecule has 0 radical (unpaired) electrons. The van der Waals surface area contributed by atoms with E-state index in [1.54, 1.807) is 0 Å². The van der Waals surface area contributed by atoms with Gasteiger partial charge in [0.25, 0.3) is 0 Å². The topological polar surface area (TPSA) is 40.6 Å². The Balaban J connectivity index is 1.40. The van der Waals surface area contributed by atoms with Crippen molar-refractivity contribution in [2.75, 3.05) is 26.2 Å². The second-order valence-corrected chi connectivity index (χ2v) is 9.09. The molecule has 2 amide bonds. The molecule has 2 saturated heterocycles. The van der Waals surface area contributed by atoms with Gasteiger partial charge >= 0.3 is 0 Å². The Morgan fingerprint density at radius 3 is 2.24 bits per heavy atom. The van der Waals surface area contributed by atoms with Crippen LogP contribution >= 0.6 is 0 Å². The van der Waals surface area contributed by atoms with E-state index < -0.39 is 0 Å². The van der Waals surface area contributed by atoms with Crippen LogP contribution in [0.25, 0.3) is 0 Å². The Hall–Kier alpha value is -1.06. The van der Waals surface area contributed by atoms with Gasteiger partial charge in [-0.1, -0.05) is 25.7 Å². The smallest absolute Gasteiger partial charge is 0.225 e. The van der Waals surface area contributed by atoms with Crippen molar-refractivity contribution in [2.45, 2.75) is 77.0 Å². The summed E-state index contributed by atoms with van der Waals surface area (Å²) in [7, 11) is 0. The van der Waals surface area contributed by atoms with Gasteiger partial charge in [-0.2, -0.15) is 0 Å². The summed E-state index contributed by atoms with van der Waals surface area (Å²) in [4.78, 5) is 29.5. The van der Waals surface area contributed by atoms with Crippen LogP contribution in [0.3, 0.4) is 0 Å². The largest absolute Gasteiger partial charge is 0.343 e. The van der Waals surface area contributed by atoms with Gasteiger partial charge in [-0.3, -0.25) is 9.59 Å². The second kappa shape index (κ2) is 7.28. The first-order valence-corrected chi connectivity index (χ1v) is 10.7. The molecule has 2 heterocycles. The van der Waals surface area contributed by atoms with Crippen LogP contribution in [0.1, 0.15) is 77.0 Å². The van der Waals surface area contributed by atoms with Gasteiger partial charge in [0.2, 0.25) is 11.8 Å². The van der Waals surface area contributed by atoms with Crippen LogP contribution in [0.4, 0.5) is 0 Å². The number of nitrogens with zero attached hydrogens (tertiary/aromatic N) is 2. The van der Waals surface area contributed by atoms with E-state index in [9.17, 15) is 9.59 Å². The Morgan fingerprint density at radius 2 is 1.60 bits per heavy atom. The highest BCUT2D eigenvalue weighted by molar-refractivity contribution is 5.80. The molecule has 0 aromatic heterocycles. The molecule has 1 unspecified atom stereocenters. The number of carbonyl (C=O) groups is 2. The number of hydrogen-bond acceptors (Lipinski definition) is 2. The van der Waals surface area contributed by atoms with E-state index in [1.165, 1.54) is 51.4 Å². The van der Waals surface area contributed by atoms with Crippen molar-refractivity contribution in [3.63, 3.8) is 0 Å². The van der Waals surface area contributed by atoms with Crippen LogP contribution < -0.4 is 0 Å². The van der Waals surface area contributed by atoms with Crippen LogP contribution in [0.15, 0.2) is 0 Å². The second-order valence-electron chi connectivity index (χ2n) is 9.09. The van der Waals surface area contributed by atoms with E-state index in [0.29, 0.717) is 35.5 Å². The minimum absolute atomic E-state index is 0.311. The fourth-order valence-corrected chi connectivity index (χ4v) is 5.76. The molecule has 4 aliphatic rings. The van der Waals surface area contributed by atoms with E-state index >= 15 is 0 Å². The Morgan fingerprint density at radius 1 is 0.880 bits per heavy atom. The summed E-state index contributed by atoms with van der Waals surface area (Å²) >= 11 is 0. The van der Waals surface area contributed by atoms with Gasteiger partial charge < -0.3 is 9.80 Å². The van der Waals surface area contributed by atoms with Crippen molar-refractivity contribution in [3.8, 4) is 0 Å². The molecule has 25 heavy (non-hydrogen) atoms. The molecule has 140 valence electrons. The van der Waals surface area contributed by atoms with Gasteiger partial charge in [-0.25, -0.2) is 0 Å². The highest BCUT2D eigenvalue weighted by Crippen LogP contribution is 2.50. The highest BCUT2D eigenvalue weighted by atomic mass is 16.2. The molecule has 2 aliphatic carbocycles. The Labute approximate surface area is 152 Å². The molecule has 4 nitrogen and oxygen atoms in total. The van der Waals surface area contributed by atoms with E-state index in [2.05, 4.69) is 9.80 Å². The number of hydrogen-bond donors (Lipinski definition) is 0. The van der Waals surface area contributed by atoms with Crippen molar-refractivity contribution in [1.29, 1.82) is 0 Å². The van der Waals surface area contributed by atoms with Crippen molar-refractivity contribution >= 4 is 11.8 Å². The van der Waals surface area contributed by atoms with Crippen molar-refractivity contribution in [2.24, 2.45) is 17.3 Å². The number of likely N-dealkylation sites (tertiary alicyclic amines) is 2. The third kappa shape index (κ3) is 3.46. The first kappa shape index (κ1) is 17.4. The van der Waals surface area contributed by atoms with Crippen molar-refractivity contribution < 1.29 is 9.59 Å². The summed E-state index contributed by atoms with van der Waals surface area (Å²) in [5.41, 5.74) is 0.322. The summed E-state index contributed by atoms with van der Waals surface area (Å²) in [6.45, 7) is 3.81. The first-order chi connectivity index (χ1) is 12.2. The number of carbonyl (C=O) groups excluding carboxylic acids is 2. The average molecular weight is 347 g/mol. The van der Waals surface area contributed by atoms with Gasteiger partial charge in [0, 0.05) is 38.5 Å². The lowest BCUT2D eigenvalue weighted by Crippen LogP contribution is -2.39. The zero-order valence-electron chi connectivity index (χ0n) is 15.7. The van der Waals surface area contributed by atoms with E-state index in [1.807, 2.05) is 0 Å². The fraction of sp³-hybridized carbons (Fsp3) is 0.905. The summed E-state index contributed by atoms with van der Waals surface area (Å²) in [5.74, 6) is 1.63. The van der Waals surface area contributed by atoms with Crippen LogP contribution in [-0.4, -0.2) is 47.8 Å². The predicted octanol–water partition coefficient (Wildman–Crippen LogP) is 3.60. The van der Waals surface area contributed by atoms with Crippen LogP contribution in [0.2, 0.25) is 0 Å². The Kier molecular flexibility index (Phi) is 5.06. The van der Waals surface area contributed by atoms with E-state index in [-0.39, 0.29) is 0 Å². The molecule has 0 aromatic rings. The van der Waals surface area contributed by atoms with Crippen LogP contribution in [-0.2, 0) is 9.59 Å². The molecule has 4 fully saturated rings. The van der Waals surface area contributed by atoms with Gasteiger partial charge in [0.1, 0.15) is 0 Å². The summed E-state index contributed by atoms with van der Waals surface area (Å²) in [5, 5.41) is 0. The summed E-state index contributed by atoms with van der Waals surface area (Å²) in [6, 6.07) is 0. The maximum Gasteiger partial charge on any atom is 0.225 e. The van der Waals surface area contributed by atoms with Crippen molar-refractivity contribution in [3.05, 3.63) is 0 Å². The summed E-state index contributed by atoms with van der Waals surface area (Å²) in [6.07, 6.45) is 13.9. The lowest BCUT2D eigenvalue weighted by Gasteiger charge is -2.38. The molecular weight excluding hydrogens is 312 g/mol. The van der Waals surface area contributed by atoms with Crippen molar-refractivity contribution in [1.82, 2.24) is 9.80 Å². The predicted molar refractivity (Wildman–Crippen MR) is 98.0 cm³/mol. The Bertz CT molecular complexity index is 502. The molecule has 1 spiro atoms. The zero-order chi connectivity index (χ0) is 17.3. The lowest BCUT2D eigenvalue weighted by molar-refractivity contribution is -0.137. The monoisotopic (exact) mass is 346 g/mol. The standard InChI is InChI=1S/C21H34N2O2/c24-19(22-13-4-5-14-22)10-9-18-15-23(20(25)17-7-6-8-17)16-21(18)11-2-1-3-12-21/h17-18H,1-16H2. The average Bonchev–Trinajstić information content (AvgIpc) is 3.21. The first-order valence-electron chi connectivity index (χ1n) is 10.7. The minimum atomic E-state index is 0.311. The van der Waals surface area contributed by atoms with E-state index in [4.69, 9.17) is 0 Å². The molecule has 4 rings (SSSR count). The maximum atomic E-state index is 12.8. The van der Waals surface area contributed by atoms with Gasteiger partial charge in [-0.15, -0.1) is 0 Å². The third-order valence-electron chi connectivity index (χ3n) is 7.59. The molecular formula is C21H34N2O2. The molecule has 0 aromatic carbocycles. The zero-order valence-corrected chi connectivity index (χ0v) is 15.7. The van der Waals surface area contributed by atoms with E-state index in [0.717, 1.165) is 45.4 Å². The quantitative estimate of drug-likeness (QED) is 0.780. The van der Waals surface area contributed by atoms with Crippen LogP contribution in [0.5, 0.6) is 0 Å². The van der Waals surface area contributed by atoms with Gasteiger partial charge in [0.05, 0.1) is 0 Å². The third-order valence-corrected chi connectivity index (χ3v) is 7.59. The molecule has 2 aliphatic heterocycles. The molecule has 0 bridgehead atoms. The molecule has 4 heteroatoms. The minimum Gasteiger partial charge on any atom is -0.343 e. The SMILES string of the molecule is O=C(CCC1CN(C(=O)C2CCC2)CC12CCCCC2)N1CCCC1. The van der Waals surface area contributed by atoms with Crippen LogP contribution in [0, 0.1) is 17.3 Å². The maximum absolute atomic E-state index is 12.8. The summed E-state index contributed by atoms with van der Waals surface area (Å²) < 4.78 is 0. The normalized spacial score (nSPS) is 29.2. The fourth-order valence-electron chi connectivity index (χ4n) is 5.76. The molecule has 2 saturated carbocycles. The highest BCUT2D eigenvalue weighted by Gasteiger charge is 2.49. The number of amides is 2. The van der Waals surface area contributed by atoms with Gasteiger partial charge in [-0.05, 0) is 56.3 Å². The van der Waals surface area contributed by atoms with Gasteiger partial charge in [0.15, 0.2) is 0 Å².